The SMILES string of the molecule is COCCOCOc1c([C@H](CC(=O)OC)N=Cc2ccccc2)cc(Br)cc1C(C)(C)C. The Bertz CT molecular complexity index is 893. The van der Waals surface area contributed by atoms with Gasteiger partial charge in [0.25, 0.3) is 0 Å². The van der Waals surface area contributed by atoms with E-state index < -0.39 is 6.04 Å². The van der Waals surface area contributed by atoms with Crippen LogP contribution < -0.4 is 4.74 Å². The zero-order valence-corrected chi connectivity index (χ0v) is 21.0. The minimum absolute atomic E-state index is 0.0639. The van der Waals surface area contributed by atoms with Gasteiger partial charge < -0.3 is 18.9 Å². The first kappa shape index (κ1) is 26.0. The van der Waals surface area contributed by atoms with E-state index in [0.717, 1.165) is 21.2 Å². The normalized spacial score (nSPS) is 12.7. The van der Waals surface area contributed by atoms with Crippen molar-refractivity contribution in [1.29, 1.82) is 0 Å². The molecule has 6 nitrogen and oxygen atoms in total. The number of rotatable bonds is 11. The minimum Gasteiger partial charge on any atom is -0.469 e. The molecule has 0 spiro atoms. The number of aliphatic imine (C=N–C) groups is 1. The van der Waals surface area contributed by atoms with Crippen molar-refractivity contribution in [2.45, 2.75) is 38.6 Å². The summed E-state index contributed by atoms with van der Waals surface area (Å²) in [5.74, 6) is 0.317. The van der Waals surface area contributed by atoms with Crippen LogP contribution >= 0.6 is 15.9 Å². The molecule has 0 heterocycles. The van der Waals surface area contributed by atoms with Gasteiger partial charge in [0, 0.05) is 28.9 Å². The topological polar surface area (TPSA) is 66.4 Å². The first-order valence-electron chi connectivity index (χ1n) is 10.4. The average molecular weight is 506 g/mol. The number of carbonyl (C=O) groups excluding carboxylic acids is 1. The van der Waals surface area contributed by atoms with Gasteiger partial charge in [-0.15, -0.1) is 0 Å². The molecule has 0 bridgehead atoms. The number of halogens is 1. The van der Waals surface area contributed by atoms with E-state index in [1.54, 1.807) is 13.3 Å². The van der Waals surface area contributed by atoms with Crippen LogP contribution in [0.15, 0.2) is 51.9 Å². The van der Waals surface area contributed by atoms with E-state index in [1.165, 1.54) is 7.11 Å². The summed E-state index contributed by atoms with van der Waals surface area (Å²) in [5, 5.41) is 0. The fourth-order valence-electron chi connectivity index (χ4n) is 3.08. The van der Waals surface area contributed by atoms with Crippen LogP contribution in [0.25, 0.3) is 0 Å². The highest BCUT2D eigenvalue weighted by Crippen LogP contribution is 2.41. The second-order valence-corrected chi connectivity index (χ2v) is 9.19. The fourth-order valence-corrected chi connectivity index (χ4v) is 3.56. The Balaban J connectivity index is 2.49. The van der Waals surface area contributed by atoms with Crippen molar-refractivity contribution in [3.8, 4) is 5.75 Å². The summed E-state index contributed by atoms with van der Waals surface area (Å²) in [4.78, 5) is 17.0. The second kappa shape index (κ2) is 12.7. The van der Waals surface area contributed by atoms with Crippen molar-refractivity contribution in [2.75, 3.05) is 34.2 Å². The van der Waals surface area contributed by atoms with Crippen LogP contribution in [0.2, 0.25) is 0 Å². The lowest BCUT2D eigenvalue weighted by Crippen LogP contribution is -2.18. The van der Waals surface area contributed by atoms with Gasteiger partial charge in [-0.2, -0.15) is 0 Å². The van der Waals surface area contributed by atoms with E-state index in [4.69, 9.17) is 23.9 Å². The van der Waals surface area contributed by atoms with Crippen molar-refractivity contribution < 1.29 is 23.7 Å². The number of nitrogens with zero attached hydrogens (tertiary/aromatic N) is 1. The molecule has 0 saturated carbocycles. The van der Waals surface area contributed by atoms with Gasteiger partial charge in [0.05, 0.1) is 32.8 Å². The summed E-state index contributed by atoms with van der Waals surface area (Å²) in [5.41, 5.74) is 2.51. The van der Waals surface area contributed by atoms with Crippen molar-refractivity contribution in [3.63, 3.8) is 0 Å². The van der Waals surface area contributed by atoms with Crippen LogP contribution in [0, 0.1) is 0 Å². The quantitative estimate of drug-likeness (QED) is 0.175. The largest absolute Gasteiger partial charge is 0.469 e. The molecule has 2 aromatic rings. The standard InChI is InChI=1S/C25H32BrNO5/c1-25(2,3)21-14-19(26)13-20(24(21)32-17-31-12-11-29-4)22(15-23(28)30-5)27-16-18-9-7-6-8-10-18/h6-10,13-14,16,22H,11-12,15,17H2,1-5H3/t22-/m0/s1. The highest BCUT2D eigenvalue weighted by atomic mass is 79.9. The zero-order valence-electron chi connectivity index (χ0n) is 19.4. The van der Waals surface area contributed by atoms with Gasteiger partial charge >= 0.3 is 5.97 Å². The third-order valence-electron chi connectivity index (χ3n) is 4.76. The van der Waals surface area contributed by atoms with E-state index >= 15 is 0 Å². The molecule has 174 valence electrons. The molecule has 1 atom stereocenters. The lowest BCUT2D eigenvalue weighted by molar-refractivity contribution is -0.141. The van der Waals surface area contributed by atoms with Crippen LogP contribution in [-0.4, -0.2) is 46.4 Å². The Labute approximate surface area is 199 Å². The molecule has 2 rings (SSSR count). The first-order chi connectivity index (χ1) is 15.3. The van der Waals surface area contributed by atoms with E-state index in [9.17, 15) is 4.79 Å². The molecule has 0 aliphatic rings. The fraction of sp³-hybridized carbons (Fsp3) is 0.440. The molecule has 2 aromatic carbocycles. The molecule has 0 aliphatic carbocycles. The number of carbonyl (C=O) groups is 1. The van der Waals surface area contributed by atoms with Gasteiger partial charge in [0.2, 0.25) is 0 Å². The second-order valence-electron chi connectivity index (χ2n) is 8.27. The lowest BCUT2D eigenvalue weighted by atomic mass is 9.84. The Kier molecular flexibility index (Phi) is 10.4. The van der Waals surface area contributed by atoms with Gasteiger partial charge in [0.1, 0.15) is 5.75 Å². The minimum atomic E-state index is -0.491. The maximum Gasteiger partial charge on any atom is 0.308 e. The predicted molar refractivity (Wildman–Crippen MR) is 130 cm³/mol. The van der Waals surface area contributed by atoms with Crippen molar-refractivity contribution in [1.82, 2.24) is 0 Å². The molecular formula is C25H32BrNO5. The number of methoxy groups -OCH3 is 2. The summed E-state index contributed by atoms with van der Waals surface area (Å²) in [7, 11) is 3.00. The van der Waals surface area contributed by atoms with E-state index in [-0.39, 0.29) is 24.6 Å². The molecule has 0 amide bonds. The van der Waals surface area contributed by atoms with E-state index in [2.05, 4.69) is 36.7 Å². The Morgan fingerprint density at radius 1 is 1.12 bits per heavy atom. The van der Waals surface area contributed by atoms with Crippen molar-refractivity contribution in [3.05, 3.63) is 63.6 Å². The van der Waals surface area contributed by atoms with E-state index in [1.807, 2.05) is 42.5 Å². The molecule has 0 radical (unpaired) electrons. The molecule has 0 saturated heterocycles. The smallest absolute Gasteiger partial charge is 0.308 e. The van der Waals surface area contributed by atoms with Gasteiger partial charge in [-0.1, -0.05) is 67.0 Å². The molecule has 0 fully saturated rings. The third-order valence-corrected chi connectivity index (χ3v) is 5.22. The molecule has 7 heteroatoms. The monoisotopic (exact) mass is 505 g/mol. The molecule has 0 unspecified atom stereocenters. The summed E-state index contributed by atoms with van der Waals surface area (Å²) >= 11 is 3.62. The van der Waals surface area contributed by atoms with Gasteiger partial charge in [-0.3, -0.25) is 9.79 Å². The number of esters is 1. The van der Waals surface area contributed by atoms with Crippen LogP contribution in [-0.2, 0) is 24.4 Å². The van der Waals surface area contributed by atoms with Gasteiger partial charge in [-0.05, 0) is 23.1 Å². The highest BCUT2D eigenvalue weighted by molar-refractivity contribution is 9.10. The number of hydrogen-bond donors (Lipinski definition) is 0. The summed E-state index contributed by atoms with van der Waals surface area (Å²) in [6.07, 6.45) is 1.85. The lowest BCUT2D eigenvalue weighted by Gasteiger charge is -2.27. The maximum atomic E-state index is 12.2. The third kappa shape index (κ3) is 8.04. The van der Waals surface area contributed by atoms with Crippen LogP contribution in [0.4, 0.5) is 0 Å². The Hall–Kier alpha value is -2.22. The number of hydrogen-bond acceptors (Lipinski definition) is 6. The Morgan fingerprint density at radius 2 is 1.84 bits per heavy atom. The van der Waals surface area contributed by atoms with Gasteiger partial charge in [0.15, 0.2) is 6.79 Å². The molecule has 32 heavy (non-hydrogen) atoms. The van der Waals surface area contributed by atoms with Crippen LogP contribution in [0.3, 0.4) is 0 Å². The predicted octanol–water partition coefficient (Wildman–Crippen LogP) is 5.47. The average Bonchev–Trinajstić information content (AvgIpc) is 2.76. The summed E-state index contributed by atoms with van der Waals surface area (Å²) in [6, 6.07) is 13.2. The first-order valence-corrected chi connectivity index (χ1v) is 11.2. The highest BCUT2D eigenvalue weighted by Gasteiger charge is 2.27. The Morgan fingerprint density at radius 3 is 2.47 bits per heavy atom. The van der Waals surface area contributed by atoms with Crippen LogP contribution in [0.5, 0.6) is 5.75 Å². The summed E-state index contributed by atoms with van der Waals surface area (Å²) in [6.45, 7) is 7.30. The zero-order chi connectivity index (χ0) is 23.6. The molecule has 0 aliphatic heterocycles. The summed E-state index contributed by atoms with van der Waals surface area (Å²) < 4.78 is 22.5. The molecular weight excluding hydrogens is 474 g/mol. The number of benzene rings is 2. The van der Waals surface area contributed by atoms with Crippen molar-refractivity contribution >= 4 is 28.1 Å². The molecule has 0 N–H and O–H groups in total. The van der Waals surface area contributed by atoms with Gasteiger partial charge in [-0.25, -0.2) is 0 Å². The van der Waals surface area contributed by atoms with Crippen molar-refractivity contribution in [2.24, 2.45) is 4.99 Å². The van der Waals surface area contributed by atoms with E-state index in [0.29, 0.717) is 19.0 Å². The number of ether oxygens (including phenoxy) is 4. The van der Waals surface area contributed by atoms with Crippen LogP contribution in [0.1, 0.15) is 49.9 Å². The molecule has 0 aromatic heterocycles. The maximum absolute atomic E-state index is 12.2.